The molecule has 0 amide bonds. The van der Waals surface area contributed by atoms with Crippen molar-refractivity contribution in [3.8, 4) is 0 Å². The second-order valence-electron chi connectivity index (χ2n) is 2.83. The van der Waals surface area contributed by atoms with Gasteiger partial charge in [0.05, 0.1) is 11.1 Å². The van der Waals surface area contributed by atoms with Gasteiger partial charge in [-0.2, -0.15) is 0 Å². The van der Waals surface area contributed by atoms with Crippen molar-refractivity contribution >= 4 is 39.2 Å². The minimum absolute atomic E-state index is 0.0104. The van der Waals surface area contributed by atoms with E-state index >= 15 is 0 Å². The Morgan fingerprint density at radius 3 is 2.50 bits per heavy atom. The van der Waals surface area contributed by atoms with E-state index in [1.807, 2.05) is 0 Å². The molecule has 1 unspecified atom stereocenters. The van der Waals surface area contributed by atoms with E-state index < -0.39 is 5.97 Å². The molecule has 6 heteroatoms. The van der Waals surface area contributed by atoms with Crippen molar-refractivity contribution in [2.75, 3.05) is 5.33 Å². The van der Waals surface area contributed by atoms with Crippen LogP contribution in [0.25, 0.3) is 0 Å². The maximum atomic E-state index is 9.32. The molecule has 0 aromatic rings. The summed E-state index contributed by atoms with van der Waals surface area (Å²) < 4.78 is 0. The molecule has 1 atom stereocenters. The molecular weight excluding hydrogens is 273 g/mol. The van der Waals surface area contributed by atoms with Crippen LogP contribution in [0.4, 0.5) is 0 Å². The Labute approximate surface area is 96.1 Å². The topological polar surface area (TPSA) is 69.9 Å². The summed E-state index contributed by atoms with van der Waals surface area (Å²) in [6.45, 7) is 0. The standard InChI is InChI=1S/C6H10ClNO.C2H3BrO2/c7-5-3-1-2-4-6(5)8-9;3-1-2(4)5/h5,9H,1-4H2;1H2,(H,4,5)/b8-6-;. The van der Waals surface area contributed by atoms with Gasteiger partial charge in [0.2, 0.25) is 0 Å². The van der Waals surface area contributed by atoms with Crippen LogP contribution in [0.15, 0.2) is 5.16 Å². The Bertz CT molecular complexity index is 211. The number of carboxylic acids is 1. The van der Waals surface area contributed by atoms with Crippen LogP contribution in [0.3, 0.4) is 0 Å². The first-order valence-corrected chi connectivity index (χ1v) is 5.80. The van der Waals surface area contributed by atoms with Crippen LogP contribution in [0, 0.1) is 0 Å². The summed E-state index contributed by atoms with van der Waals surface area (Å²) in [6.07, 6.45) is 4.10. The van der Waals surface area contributed by atoms with Crippen molar-refractivity contribution < 1.29 is 15.1 Å². The number of carbonyl (C=O) groups is 1. The van der Waals surface area contributed by atoms with E-state index in [0.29, 0.717) is 0 Å². The van der Waals surface area contributed by atoms with Crippen LogP contribution < -0.4 is 0 Å². The summed E-state index contributed by atoms with van der Waals surface area (Å²) in [6, 6.07) is 0. The molecule has 82 valence electrons. The molecule has 14 heavy (non-hydrogen) atoms. The largest absolute Gasteiger partial charge is 0.481 e. The van der Waals surface area contributed by atoms with Crippen LogP contribution >= 0.6 is 27.5 Å². The molecule has 0 aliphatic heterocycles. The lowest BCUT2D eigenvalue weighted by Gasteiger charge is -2.15. The first-order chi connectivity index (χ1) is 6.61. The molecule has 0 heterocycles. The zero-order valence-corrected chi connectivity index (χ0v) is 9.96. The third-order valence-electron chi connectivity index (χ3n) is 1.74. The quantitative estimate of drug-likeness (QED) is 0.442. The molecule has 0 radical (unpaired) electrons. The molecule has 1 aliphatic rings. The second kappa shape index (κ2) is 8.05. The fourth-order valence-electron chi connectivity index (χ4n) is 1.07. The first-order valence-electron chi connectivity index (χ1n) is 4.24. The zero-order valence-electron chi connectivity index (χ0n) is 7.62. The first kappa shape index (κ1) is 13.7. The molecule has 0 saturated heterocycles. The summed E-state index contributed by atoms with van der Waals surface area (Å²) in [5.41, 5.74) is 0.753. The molecule has 0 aromatic carbocycles. The van der Waals surface area contributed by atoms with Crippen LogP contribution in [0.2, 0.25) is 0 Å². The Morgan fingerprint density at radius 2 is 2.21 bits per heavy atom. The lowest BCUT2D eigenvalue weighted by Crippen LogP contribution is -2.18. The molecule has 1 saturated carbocycles. The van der Waals surface area contributed by atoms with Crippen LogP contribution in [0.1, 0.15) is 25.7 Å². The third kappa shape index (κ3) is 6.21. The third-order valence-corrected chi connectivity index (χ3v) is 2.69. The van der Waals surface area contributed by atoms with E-state index in [-0.39, 0.29) is 10.7 Å². The molecule has 2 N–H and O–H groups in total. The molecular formula is C8H13BrClNO3. The average Bonchev–Trinajstić information content (AvgIpc) is 2.19. The summed E-state index contributed by atoms with van der Waals surface area (Å²) in [4.78, 5) is 9.32. The van der Waals surface area contributed by atoms with Crippen LogP contribution in [-0.2, 0) is 4.79 Å². The van der Waals surface area contributed by atoms with Gasteiger partial charge < -0.3 is 10.3 Å². The number of hydrogen-bond donors (Lipinski definition) is 2. The number of aliphatic carboxylic acids is 1. The smallest absolute Gasteiger partial charge is 0.314 e. The molecule has 0 aromatic heterocycles. The van der Waals surface area contributed by atoms with Gasteiger partial charge in [-0.25, -0.2) is 0 Å². The molecule has 4 nitrogen and oxygen atoms in total. The molecule has 1 rings (SSSR count). The lowest BCUT2D eigenvalue weighted by molar-refractivity contribution is -0.133. The SMILES string of the molecule is O/N=C1/CCCCC1Cl.O=C(O)CBr. The normalized spacial score (nSPS) is 23.9. The van der Waals surface area contributed by atoms with Crippen molar-refractivity contribution in [3.63, 3.8) is 0 Å². The summed E-state index contributed by atoms with van der Waals surface area (Å²) in [5, 5.41) is 19.2. The van der Waals surface area contributed by atoms with Crippen LogP contribution in [0.5, 0.6) is 0 Å². The number of hydrogen-bond acceptors (Lipinski definition) is 3. The lowest BCUT2D eigenvalue weighted by atomic mass is 9.98. The van der Waals surface area contributed by atoms with E-state index in [4.69, 9.17) is 21.9 Å². The Morgan fingerprint density at radius 1 is 1.64 bits per heavy atom. The minimum atomic E-state index is -0.829. The fraction of sp³-hybridized carbons (Fsp3) is 0.750. The zero-order chi connectivity index (χ0) is 11.0. The monoisotopic (exact) mass is 285 g/mol. The van der Waals surface area contributed by atoms with Crippen molar-refractivity contribution in [3.05, 3.63) is 0 Å². The van der Waals surface area contributed by atoms with Gasteiger partial charge in [0.1, 0.15) is 5.33 Å². The fourth-order valence-corrected chi connectivity index (χ4v) is 1.37. The van der Waals surface area contributed by atoms with Gasteiger partial charge in [-0.1, -0.05) is 27.5 Å². The van der Waals surface area contributed by atoms with E-state index in [9.17, 15) is 4.79 Å². The Kier molecular flexibility index (Phi) is 7.89. The van der Waals surface area contributed by atoms with Crippen LogP contribution in [-0.4, -0.2) is 32.7 Å². The van der Waals surface area contributed by atoms with Gasteiger partial charge in [0.25, 0.3) is 0 Å². The maximum Gasteiger partial charge on any atom is 0.314 e. The van der Waals surface area contributed by atoms with E-state index in [2.05, 4.69) is 21.1 Å². The van der Waals surface area contributed by atoms with Crippen molar-refractivity contribution in [1.29, 1.82) is 0 Å². The maximum absolute atomic E-state index is 9.32. The second-order valence-corrected chi connectivity index (χ2v) is 3.92. The number of carboxylic acid groups (broad SMARTS) is 1. The van der Waals surface area contributed by atoms with Gasteiger partial charge >= 0.3 is 5.97 Å². The highest BCUT2D eigenvalue weighted by atomic mass is 79.9. The molecule has 1 fully saturated rings. The average molecular weight is 287 g/mol. The number of halogens is 2. The van der Waals surface area contributed by atoms with Gasteiger partial charge in [0.15, 0.2) is 0 Å². The van der Waals surface area contributed by atoms with Crippen molar-refractivity contribution in [1.82, 2.24) is 0 Å². The highest BCUT2D eigenvalue weighted by Crippen LogP contribution is 2.19. The molecule has 1 aliphatic carbocycles. The highest BCUT2D eigenvalue weighted by molar-refractivity contribution is 9.09. The minimum Gasteiger partial charge on any atom is -0.481 e. The van der Waals surface area contributed by atoms with Crippen molar-refractivity contribution in [2.24, 2.45) is 5.16 Å². The number of nitrogens with zero attached hydrogens (tertiary/aromatic N) is 1. The predicted molar refractivity (Wildman–Crippen MR) is 58.8 cm³/mol. The predicted octanol–water partition coefficient (Wildman–Crippen LogP) is 2.46. The number of oxime groups is 1. The highest BCUT2D eigenvalue weighted by Gasteiger charge is 2.17. The van der Waals surface area contributed by atoms with Crippen molar-refractivity contribution in [2.45, 2.75) is 31.1 Å². The Balaban J connectivity index is 0.000000292. The summed E-state index contributed by atoms with van der Waals surface area (Å²) in [5.74, 6) is -0.829. The van der Waals surface area contributed by atoms with E-state index in [0.717, 1.165) is 31.4 Å². The van der Waals surface area contributed by atoms with Gasteiger partial charge in [-0.15, -0.1) is 11.6 Å². The number of alkyl halides is 2. The van der Waals surface area contributed by atoms with Gasteiger partial charge in [-0.3, -0.25) is 4.79 Å². The molecule has 0 spiro atoms. The Hall–Kier alpha value is -0.290. The van der Waals surface area contributed by atoms with E-state index in [1.54, 1.807) is 0 Å². The number of rotatable bonds is 1. The molecule has 0 bridgehead atoms. The van der Waals surface area contributed by atoms with Gasteiger partial charge in [0, 0.05) is 0 Å². The summed E-state index contributed by atoms with van der Waals surface area (Å²) >= 11 is 8.51. The van der Waals surface area contributed by atoms with E-state index in [1.165, 1.54) is 0 Å². The summed E-state index contributed by atoms with van der Waals surface area (Å²) in [7, 11) is 0. The van der Waals surface area contributed by atoms with Gasteiger partial charge in [-0.05, 0) is 19.3 Å².